The van der Waals surface area contributed by atoms with E-state index < -0.39 is 0 Å². The molecule has 3 aromatic heterocycles. The van der Waals surface area contributed by atoms with Gasteiger partial charge in [0.05, 0.1) is 19.4 Å². The van der Waals surface area contributed by atoms with Crippen molar-refractivity contribution in [3.63, 3.8) is 0 Å². The number of rotatable bonds is 3. The zero-order chi connectivity index (χ0) is 19.1. The Bertz CT molecular complexity index is 961. The minimum Gasteiger partial charge on any atom is -0.379 e. The van der Waals surface area contributed by atoms with Crippen LogP contribution in [0.25, 0.3) is 22.2 Å². The normalized spacial score (nSPS) is 24.1. The minimum atomic E-state index is 0.618. The molecule has 0 atom stereocenters. The molecule has 2 aliphatic rings. The SMILES string of the molecule is Cc1c(-c2c[nH]c3ncc([C@H]4CC[C@@H](N5CCOCC5)CC4)cc23)cnn1C. The second-order valence-electron chi connectivity index (χ2n) is 8.29. The molecule has 1 saturated carbocycles. The Balaban J connectivity index is 1.37. The lowest BCUT2D eigenvalue weighted by Crippen LogP contribution is -2.44. The Labute approximate surface area is 165 Å². The van der Waals surface area contributed by atoms with Crippen LogP contribution in [-0.4, -0.2) is 57.0 Å². The van der Waals surface area contributed by atoms with Crippen LogP contribution in [0.3, 0.4) is 0 Å². The third-order valence-corrected chi connectivity index (χ3v) is 6.81. The number of H-pyrrole nitrogens is 1. The molecule has 148 valence electrons. The van der Waals surface area contributed by atoms with Gasteiger partial charge in [0.2, 0.25) is 0 Å². The van der Waals surface area contributed by atoms with E-state index in [-0.39, 0.29) is 0 Å². The number of aromatic amines is 1. The summed E-state index contributed by atoms with van der Waals surface area (Å²) < 4.78 is 7.44. The van der Waals surface area contributed by atoms with Gasteiger partial charge in [0, 0.05) is 60.8 Å². The Morgan fingerprint density at radius 2 is 1.86 bits per heavy atom. The van der Waals surface area contributed by atoms with Crippen molar-refractivity contribution in [3.8, 4) is 11.1 Å². The molecule has 1 saturated heterocycles. The zero-order valence-corrected chi connectivity index (χ0v) is 16.8. The summed E-state index contributed by atoms with van der Waals surface area (Å²) in [5, 5.41) is 5.62. The van der Waals surface area contributed by atoms with Crippen molar-refractivity contribution in [2.45, 2.75) is 44.6 Å². The zero-order valence-electron chi connectivity index (χ0n) is 16.8. The summed E-state index contributed by atoms with van der Waals surface area (Å²) in [5.74, 6) is 0.618. The van der Waals surface area contributed by atoms with Crippen LogP contribution < -0.4 is 0 Å². The predicted octanol–water partition coefficient (Wildman–Crippen LogP) is 3.63. The second kappa shape index (κ2) is 7.33. The number of ether oxygens (including phenoxy) is 1. The molecule has 0 unspecified atom stereocenters. The quantitative estimate of drug-likeness (QED) is 0.755. The van der Waals surface area contributed by atoms with Gasteiger partial charge >= 0.3 is 0 Å². The summed E-state index contributed by atoms with van der Waals surface area (Å²) in [6.45, 7) is 6.10. The van der Waals surface area contributed by atoms with Crippen molar-refractivity contribution < 1.29 is 4.74 Å². The number of morpholine rings is 1. The van der Waals surface area contributed by atoms with Crippen LogP contribution in [0.15, 0.2) is 24.7 Å². The van der Waals surface area contributed by atoms with Gasteiger partial charge in [-0.1, -0.05) is 0 Å². The third kappa shape index (κ3) is 3.14. The molecule has 6 nitrogen and oxygen atoms in total. The molecule has 3 aromatic rings. The number of nitrogens with one attached hydrogen (secondary N) is 1. The van der Waals surface area contributed by atoms with E-state index in [2.05, 4.69) is 40.4 Å². The molecule has 1 aliphatic carbocycles. The van der Waals surface area contributed by atoms with Crippen LogP contribution in [0.2, 0.25) is 0 Å². The molecule has 0 bridgehead atoms. The average Bonchev–Trinajstić information content (AvgIpc) is 3.31. The highest BCUT2D eigenvalue weighted by Gasteiger charge is 2.28. The predicted molar refractivity (Wildman–Crippen MR) is 110 cm³/mol. The van der Waals surface area contributed by atoms with Crippen molar-refractivity contribution in [2.24, 2.45) is 7.05 Å². The highest BCUT2D eigenvalue weighted by Crippen LogP contribution is 2.37. The van der Waals surface area contributed by atoms with E-state index in [4.69, 9.17) is 9.72 Å². The molecule has 6 heteroatoms. The van der Waals surface area contributed by atoms with E-state index in [0.29, 0.717) is 5.92 Å². The maximum absolute atomic E-state index is 5.51. The van der Waals surface area contributed by atoms with Crippen molar-refractivity contribution in [3.05, 3.63) is 35.9 Å². The Kier molecular flexibility index (Phi) is 4.69. The number of pyridine rings is 1. The second-order valence-corrected chi connectivity index (χ2v) is 8.29. The first kappa shape index (κ1) is 17.9. The summed E-state index contributed by atoms with van der Waals surface area (Å²) in [5.41, 5.74) is 5.91. The summed E-state index contributed by atoms with van der Waals surface area (Å²) >= 11 is 0. The molecule has 0 aromatic carbocycles. The number of aryl methyl sites for hydroxylation is 1. The maximum Gasteiger partial charge on any atom is 0.137 e. The molecular weight excluding hydrogens is 350 g/mol. The van der Waals surface area contributed by atoms with Crippen LogP contribution >= 0.6 is 0 Å². The van der Waals surface area contributed by atoms with Crippen molar-refractivity contribution in [2.75, 3.05) is 26.3 Å². The summed E-state index contributed by atoms with van der Waals surface area (Å²) in [6, 6.07) is 3.10. The first-order valence-corrected chi connectivity index (χ1v) is 10.5. The Morgan fingerprint density at radius 3 is 2.57 bits per heavy atom. The number of hydrogen-bond acceptors (Lipinski definition) is 4. The molecule has 0 spiro atoms. The van der Waals surface area contributed by atoms with Crippen molar-refractivity contribution in [1.29, 1.82) is 0 Å². The van der Waals surface area contributed by atoms with E-state index in [1.165, 1.54) is 53.5 Å². The van der Waals surface area contributed by atoms with Gasteiger partial charge in [-0.3, -0.25) is 9.58 Å². The lowest BCUT2D eigenvalue weighted by Gasteiger charge is -2.38. The van der Waals surface area contributed by atoms with Gasteiger partial charge in [-0.25, -0.2) is 4.98 Å². The van der Waals surface area contributed by atoms with Crippen LogP contribution in [0.1, 0.15) is 42.9 Å². The third-order valence-electron chi connectivity index (χ3n) is 6.81. The Morgan fingerprint density at radius 1 is 1.07 bits per heavy atom. The van der Waals surface area contributed by atoms with Crippen LogP contribution in [0, 0.1) is 6.92 Å². The van der Waals surface area contributed by atoms with E-state index in [1.807, 2.05) is 17.9 Å². The number of aromatic nitrogens is 4. The molecule has 2 fully saturated rings. The van der Waals surface area contributed by atoms with Gasteiger partial charge in [0.15, 0.2) is 0 Å². The van der Waals surface area contributed by atoms with Crippen molar-refractivity contribution in [1.82, 2.24) is 24.6 Å². The number of nitrogens with zero attached hydrogens (tertiary/aromatic N) is 4. The van der Waals surface area contributed by atoms with Gasteiger partial charge in [-0.2, -0.15) is 5.10 Å². The molecule has 1 N–H and O–H groups in total. The monoisotopic (exact) mass is 379 g/mol. The first-order chi connectivity index (χ1) is 13.7. The highest BCUT2D eigenvalue weighted by molar-refractivity contribution is 5.94. The minimum absolute atomic E-state index is 0.618. The van der Waals surface area contributed by atoms with Crippen LogP contribution in [0.4, 0.5) is 0 Å². The fraction of sp³-hybridized carbons (Fsp3) is 0.545. The van der Waals surface area contributed by atoms with Gasteiger partial charge in [-0.15, -0.1) is 0 Å². The smallest absolute Gasteiger partial charge is 0.137 e. The fourth-order valence-corrected chi connectivity index (χ4v) is 4.95. The average molecular weight is 380 g/mol. The lowest BCUT2D eigenvalue weighted by molar-refractivity contribution is 0.00729. The van der Waals surface area contributed by atoms with Gasteiger partial charge < -0.3 is 9.72 Å². The molecule has 0 amide bonds. The highest BCUT2D eigenvalue weighted by atomic mass is 16.5. The molecule has 0 radical (unpaired) electrons. The molecule has 5 rings (SSSR count). The summed E-state index contributed by atoms with van der Waals surface area (Å²) in [7, 11) is 1.99. The van der Waals surface area contributed by atoms with Crippen molar-refractivity contribution >= 4 is 11.0 Å². The number of fused-ring (bicyclic) bond motifs is 1. The maximum atomic E-state index is 5.51. The van der Waals surface area contributed by atoms with Crippen LogP contribution in [-0.2, 0) is 11.8 Å². The molecule has 28 heavy (non-hydrogen) atoms. The molecule has 4 heterocycles. The Hall–Kier alpha value is -2.18. The summed E-state index contributed by atoms with van der Waals surface area (Å²) in [6.07, 6.45) is 11.2. The summed E-state index contributed by atoms with van der Waals surface area (Å²) in [4.78, 5) is 10.7. The fourth-order valence-electron chi connectivity index (χ4n) is 4.95. The van der Waals surface area contributed by atoms with E-state index >= 15 is 0 Å². The van der Waals surface area contributed by atoms with Gasteiger partial charge in [0.1, 0.15) is 5.65 Å². The lowest BCUT2D eigenvalue weighted by atomic mass is 9.81. The van der Waals surface area contributed by atoms with Gasteiger partial charge in [-0.05, 0) is 50.2 Å². The van der Waals surface area contributed by atoms with E-state index in [9.17, 15) is 0 Å². The largest absolute Gasteiger partial charge is 0.379 e. The first-order valence-electron chi connectivity index (χ1n) is 10.5. The van der Waals surface area contributed by atoms with Crippen LogP contribution in [0.5, 0.6) is 0 Å². The topological polar surface area (TPSA) is 59.0 Å². The molecular formula is C22H29N5O. The van der Waals surface area contributed by atoms with E-state index in [1.54, 1.807) is 0 Å². The molecule has 1 aliphatic heterocycles. The standard InChI is InChI=1S/C22H29N5O/c1-15-20(14-25-26(15)2)21-13-24-22-19(21)11-17(12-23-22)16-3-5-18(6-4-16)27-7-9-28-10-8-27/h11-14,16,18H,3-10H2,1-2H3,(H,23,24)/t16-,18+. The number of hydrogen-bond donors (Lipinski definition) is 1. The van der Waals surface area contributed by atoms with Gasteiger partial charge in [0.25, 0.3) is 0 Å². The van der Waals surface area contributed by atoms with E-state index in [0.717, 1.165) is 38.0 Å².